The van der Waals surface area contributed by atoms with Crippen LogP contribution in [0.25, 0.3) is 0 Å². The first kappa shape index (κ1) is 12.9. The maximum atomic E-state index is 5.96. The molecular weight excluding hydrogens is 232 g/mol. The second-order valence-corrected chi connectivity index (χ2v) is 5.46. The first-order valence-corrected chi connectivity index (χ1v) is 6.76. The van der Waals surface area contributed by atoms with E-state index >= 15 is 0 Å². The van der Waals surface area contributed by atoms with E-state index in [0.717, 1.165) is 31.2 Å². The molecule has 0 spiro atoms. The lowest BCUT2D eigenvalue weighted by Gasteiger charge is -2.37. The Kier molecular flexibility index (Phi) is 4.43. The van der Waals surface area contributed by atoms with Crippen molar-refractivity contribution in [3.8, 4) is 0 Å². The van der Waals surface area contributed by atoms with Crippen LogP contribution in [0.4, 0.5) is 0 Å². The minimum Gasteiger partial charge on any atom is -0.314 e. The van der Waals surface area contributed by atoms with Gasteiger partial charge in [-0.2, -0.15) is 0 Å². The summed E-state index contributed by atoms with van der Waals surface area (Å²) in [7, 11) is 0. The van der Waals surface area contributed by atoms with Crippen molar-refractivity contribution in [3.05, 3.63) is 34.9 Å². The minimum absolute atomic E-state index is 0.509. The van der Waals surface area contributed by atoms with Gasteiger partial charge in [0.25, 0.3) is 0 Å². The van der Waals surface area contributed by atoms with Gasteiger partial charge in [-0.15, -0.1) is 0 Å². The lowest BCUT2D eigenvalue weighted by atomic mass is 9.94. The molecule has 94 valence electrons. The molecule has 2 nitrogen and oxygen atoms in total. The predicted octanol–water partition coefficient (Wildman–Crippen LogP) is 2.94. The van der Waals surface area contributed by atoms with Gasteiger partial charge < -0.3 is 5.32 Å². The van der Waals surface area contributed by atoms with Crippen LogP contribution in [-0.4, -0.2) is 31.1 Å². The maximum absolute atomic E-state index is 5.96. The first-order chi connectivity index (χ1) is 8.18. The van der Waals surface area contributed by atoms with Crippen molar-refractivity contribution >= 4 is 11.6 Å². The summed E-state index contributed by atoms with van der Waals surface area (Å²) >= 11 is 5.96. The summed E-state index contributed by atoms with van der Waals surface area (Å²) in [5, 5.41) is 4.22. The van der Waals surface area contributed by atoms with Crippen LogP contribution in [0.2, 0.25) is 5.02 Å². The summed E-state index contributed by atoms with van der Waals surface area (Å²) in [5.74, 6) is 0.620. The average Bonchev–Trinajstić information content (AvgIpc) is 2.33. The van der Waals surface area contributed by atoms with Gasteiger partial charge in [-0.05, 0) is 23.6 Å². The molecule has 17 heavy (non-hydrogen) atoms. The summed E-state index contributed by atoms with van der Waals surface area (Å²) < 4.78 is 0. The number of halogens is 1. The number of nitrogens with zero attached hydrogens (tertiary/aromatic N) is 1. The van der Waals surface area contributed by atoms with E-state index in [1.807, 2.05) is 12.1 Å². The van der Waals surface area contributed by atoms with Gasteiger partial charge in [0.15, 0.2) is 0 Å². The molecule has 1 aromatic carbocycles. The molecule has 0 radical (unpaired) electrons. The Labute approximate surface area is 109 Å². The van der Waals surface area contributed by atoms with Gasteiger partial charge in [-0.25, -0.2) is 0 Å². The zero-order valence-electron chi connectivity index (χ0n) is 10.6. The van der Waals surface area contributed by atoms with E-state index < -0.39 is 0 Å². The third kappa shape index (κ3) is 3.21. The molecular formula is C14H21ClN2. The standard InChI is InChI=1S/C14H21ClN2/c1-11(2)14(17-9-7-16-8-10-17)12-3-5-13(15)6-4-12/h3-6,11,14,16H,7-10H2,1-2H3. The molecule has 1 aromatic rings. The van der Waals surface area contributed by atoms with Gasteiger partial charge in [0.1, 0.15) is 0 Å². The van der Waals surface area contributed by atoms with Crippen molar-refractivity contribution in [3.63, 3.8) is 0 Å². The van der Waals surface area contributed by atoms with E-state index in [9.17, 15) is 0 Å². The van der Waals surface area contributed by atoms with Gasteiger partial charge in [-0.3, -0.25) is 4.90 Å². The van der Waals surface area contributed by atoms with Crippen LogP contribution in [0, 0.1) is 5.92 Å². The third-order valence-electron chi connectivity index (χ3n) is 3.39. The van der Waals surface area contributed by atoms with Gasteiger partial charge in [-0.1, -0.05) is 37.6 Å². The maximum Gasteiger partial charge on any atom is 0.0406 e. The molecule has 3 heteroatoms. The number of piperazine rings is 1. The molecule has 1 N–H and O–H groups in total. The predicted molar refractivity (Wildman–Crippen MR) is 73.5 cm³/mol. The molecule has 0 aliphatic carbocycles. The highest BCUT2D eigenvalue weighted by molar-refractivity contribution is 6.30. The quantitative estimate of drug-likeness (QED) is 0.890. The highest BCUT2D eigenvalue weighted by Crippen LogP contribution is 2.29. The van der Waals surface area contributed by atoms with Gasteiger partial charge >= 0.3 is 0 Å². The number of benzene rings is 1. The number of hydrogen-bond acceptors (Lipinski definition) is 2. The Hall–Kier alpha value is -0.570. The Morgan fingerprint density at radius 3 is 2.24 bits per heavy atom. The van der Waals surface area contributed by atoms with Crippen LogP contribution in [0.3, 0.4) is 0 Å². The molecule has 0 aromatic heterocycles. The van der Waals surface area contributed by atoms with E-state index in [0.29, 0.717) is 12.0 Å². The molecule has 1 fully saturated rings. The van der Waals surface area contributed by atoms with Gasteiger partial charge in [0.2, 0.25) is 0 Å². The average molecular weight is 253 g/mol. The minimum atomic E-state index is 0.509. The molecule has 2 rings (SSSR count). The lowest BCUT2D eigenvalue weighted by molar-refractivity contribution is 0.137. The Morgan fingerprint density at radius 1 is 1.12 bits per heavy atom. The molecule has 1 unspecified atom stereocenters. The topological polar surface area (TPSA) is 15.3 Å². The number of nitrogens with one attached hydrogen (secondary N) is 1. The summed E-state index contributed by atoms with van der Waals surface area (Å²) in [5.41, 5.74) is 1.38. The molecule has 0 saturated carbocycles. The zero-order chi connectivity index (χ0) is 12.3. The Morgan fingerprint density at radius 2 is 1.71 bits per heavy atom. The largest absolute Gasteiger partial charge is 0.314 e. The van der Waals surface area contributed by atoms with Crippen molar-refractivity contribution in [2.75, 3.05) is 26.2 Å². The molecule has 1 aliphatic rings. The molecule has 1 heterocycles. The van der Waals surface area contributed by atoms with Crippen molar-refractivity contribution in [1.82, 2.24) is 10.2 Å². The summed E-state index contributed by atoms with van der Waals surface area (Å²) in [6.07, 6.45) is 0. The van der Waals surface area contributed by atoms with Crippen molar-refractivity contribution in [2.45, 2.75) is 19.9 Å². The Bertz CT molecular complexity index is 342. The second-order valence-electron chi connectivity index (χ2n) is 5.03. The van der Waals surface area contributed by atoms with Crippen LogP contribution >= 0.6 is 11.6 Å². The van der Waals surface area contributed by atoms with Crippen molar-refractivity contribution < 1.29 is 0 Å². The zero-order valence-corrected chi connectivity index (χ0v) is 11.4. The number of hydrogen-bond donors (Lipinski definition) is 1. The third-order valence-corrected chi connectivity index (χ3v) is 3.64. The van der Waals surface area contributed by atoms with Gasteiger partial charge in [0.05, 0.1) is 0 Å². The van der Waals surface area contributed by atoms with E-state index in [2.05, 4.69) is 36.2 Å². The van der Waals surface area contributed by atoms with Crippen LogP contribution in [0.1, 0.15) is 25.5 Å². The summed E-state index contributed by atoms with van der Waals surface area (Å²) in [6, 6.07) is 8.82. The van der Waals surface area contributed by atoms with Crippen molar-refractivity contribution in [1.29, 1.82) is 0 Å². The van der Waals surface area contributed by atoms with E-state index in [1.54, 1.807) is 0 Å². The fourth-order valence-corrected chi connectivity index (χ4v) is 2.76. The highest BCUT2D eigenvalue weighted by atomic mass is 35.5. The second kappa shape index (κ2) is 5.85. The first-order valence-electron chi connectivity index (χ1n) is 6.38. The van der Waals surface area contributed by atoms with Crippen LogP contribution < -0.4 is 5.32 Å². The Balaban J connectivity index is 2.18. The highest BCUT2D eigenvalue weighted by Gasteiger charge is 2.24. The summed E-state index contributed by atoms with van der Waals surface area (Å²) in [4.78, 5) is 2.57. The van der Waals surface area contributed by atoms with Gasteiger partial charge in [0, 0.05) is 37.2 Å². The summed E-state index contributed by atoms with van der Waals surface area (Å²) in [6.45, 7) is 9.03. The van der Waals surface area contributed by atoms with Crippen LogP contribution in [0.15, 0.2) is 24.3 Å². The normalized spacial score (nSPS) is 19.5. The monoisotopic (exact) mass is 252 g/mol. The van der Waals surface area contributed by atoms with E-state index in [-0.39, 0.29) is 0 Å². The molecule has 0 bridgehead atoms. The number of rotatable bonds is 3. The van der Waals surface area contributed by atoms with Crippen LogP contribution in [-0.2, 0) is 0 Å². The molecule has 1 atom stereocenters. The lowest BCUT2D eigenvalue weighted by Crippen LogP contribution is -2.46. The molecule has 0 amide bonds. The molecule has 1 aliphatic heterocycles. The fraction of sp³-hybridized carbons (Fsp3) is 0.571. The van der Waals surface area contributed by atoms with E-state index in [4.69, 9.17) is 11.6 Å². The SMILES string of the molecule is CC(C)C(c1ccc(Cl)cc1)N1CCNCC1. The molecule has 1 saturated heterocycles. The van der Waals surface area contributed by atoms with Crippen molar-refractivity contribution in [2.24, 2.45) is 5.92 Å². The van der Waals surface area contributed by atoms with Crippen LogP contribution in [0.5, 0.6) is 0 Å². The smallest absolute Gasteiger partial charge is 0.0406 e. The fourth-order valence-electron chi connectivity index (χ4n) is 2.64. The van der Waals surface area contributed by atoms with E-state index in [1.165, 1.54) is 5.56 Å².